The standard InChI is InChI=1S/C26H24FN5O2S/c1-16-8-13-20(14-17(16)2)28-25(33)24-23(18-9-11-19(27)12-10-18)31-32-22(29-30-26(32)35-24)15-34-21-6-4-3-5-7-21/h3-14,23-24,31H,15H2,1-2H3,(H,28,33)/t23-,24+/m0/s1. The third-order valence-corrected chi connectivity index (χ3v) is 7.09. The van der Waals surface area contributed by atoms with Crippen molar-refractivity contribution >= 4 is 23.4 Å². The minimum atomic E-state index is -0.568. The highest BCUT2D eigenvalue weighted by Crippen LogP contribution is 2.38. The molecule has 2 atom stereocenters. The third-order valence-electron chi connectivity index (χ3n) is 5.88. The number of fused-ring (bicyclic) bond motifs is 1. The molecule has 0 saturated carbocycles. The van der Waals surface area contributed by atoms with Crippen LogP contribution in [0.2, 0.25) is 0 Å². The second-order valence-corrected chi connectivity index (χ2v) is 9.43. The Labute approximate surface area is 206 Å². The Bertz CT molecular complexity index is 1340. The lowest BCUT2D eigenvalue weighted by Crippen LogP contribution is -2.41. The fourth-order valence-corrected chi connectivity index (χ4v) is 4.91. The van der Waals surface area contributed by atoms with Crippen LogP contribution in [-0.4, -0.2) is 26.0 Å². The van der Waals surface area contributed by atoms with E-state index in [2.05, 4.69) is 20.9 Å². The van der Waals surface area contributed by atoms with Crippen molar-refractivity contribution in [3.63, 3.8) is 0 Å². The predicted octanol–water partition coefficient (Wildman–Crippen LogP) is 5.01. The molecule has 1 amide bonds. The molecule has 7 nitrogen and oxygen atoms in total. The minimum absolute atomic E-state index is 0.184. The van der Waals surface area contributed by atoms with Crippen LogP contribution in [0.25, 0.3) is 0 Å². The highest BCUT2D eigenvalue weighted by atomic mass is 32.2. The molecule has 9 heteroatoms. The summed E-state index contributed by atoms with van der Waals surface area (Å²) in [5.74, 6) is 0.761. The second-order valence-electron chi connectivity index (χ2n) is 8.32. The molecule has 0 spiro atoms. The van der Waals surface area contributed by atoms with Gasteiger partial charge in [0.1, 0.15) is 23.4 Å². The van der Waals surface area contributed by atoms with Crippen molar-refractivity contribution in [2.24, 2.45) is 0 Å². The van der Waals surface area contributed by atoms with Gasteiger partial charge >= 0.3 is 0 Å². The fourth-order valence-electron chi connectivity index (χ4n) is 3.81. The van der Waals surface area contributed by atoms with Gasteiger partial charge < -0.3 is 15.5 Å². The molecule has 1 aliphatic rings. The number of anilines is 1. The van der Waals surface area contributed by atoms with Gasteiger partial charge in [-0.3, -0.25) is 4.79 Å². The van der Waals surface area contributed by atoms with Crippen molar-refractivity contribution in [1.29, 1.82) is 0 Å². The molecule has 0 aliphatic carbocycles. The summed E-state index contributed by atoms with van der Waals surface area (Å²) < 4.78 is 21.2. The van der Waals surface area contributed by atoms with E-state index in [0.29, 0.717) is 16.7 Å². The molecule has 1 aliphatic heterocycles. The number of nitrogens with zero attached hydrogens (tertiary/aromatic N) is 3. The van der Waals surface area contributed by atoms with Crippen LogP contribution in [0.1, 0.15) is 28.6 Å². The molecule has 4 aromatic rings. The average Bonchev–Trinajstić information content (AvgIpc) is 3.27. The Morgan fingerprint density at radius 2 is 1.83 bits per heavy atom. The summed E-state index contributed by atoms with van der Waals surface area (Å²) in [5.41, 5.74) is 7.10. The predicted molar refractivity (Wildman–Crippen MR) is 133 cm³/mol. The van der Waals surface area contributed by atoms with E-state index < -0.39 is 11.3 Å². The van der Waals surface area contributed by atoms with Crippen molar-refractivity contribution in [3.8, 4) is 5.75 Å². The summed E-state index contributed by atoms with van der Waals surface area (Å²) in [6.45, 7) is 4.23. The van der Waals surface area contributed by atoms with E-state index in [1.54, 1.807) is 16.8 Å². The molecule has 1 aromatic heterocycles. The number of aryl methyl sites for hydroxylation is 2. The second kappa shape index (κ2) is 9.79. The smallest absolute Gasteiger partial charge is 0.240 e. The molecule has 2 heterocycles. The number of halogens is 1. The summed E-state index contributed by atoms with van der Waals surface area (Å²) >= 11 is 1.31. The zero-order chi connectivity index (χ0) is 24.4. The SMILES string of the molecule is Cc1ccc(NC(=O)[C@@H]2Sc3nnc(COc4ccccc4)n3N[C@H]2c2ccc(F)cc2)cc1C. The maximum atomic E-state index is 13.6. The Hall–Kier alpha value is -3.85. The molecule has 178 valence electrons. The first-order valence-electron chi connectivity index (χ1n) is 11.2. The van der Waals surface area contributed by atoms with Crippen LogP contribution in [0.4, 0.5) is 10.1 Å². The third kappa shape index (κ3) is 5.00. The van der Waals surface area contributed by atoms with Crippen molar-refractivity contribution in [2.45, 2.75) is 36.9 Å². The molecular formula is C26H24FN5O2S. The van der Waals surface area contributed by atoms with E-state index in [-0.39, 0.29) is 18.3 Å². The lowest BCUT2D eigenvalue weighted by Gasteiger charge is -2.33. The highest BCUT2D eigenvalue weighted by Gasteiger charge is 2.38. The number of nitrogens with one attached hydrogen (secondary N) is 2. The van der Waals surface area contributed by atoms with Gasteiger partial charge in [-0.2, -0.15) is 0 Å². The number of aromatic nitrogens is 3. The van der Waals surface area contributed by atoms with E-state index in [9.17, 15) is 9.18 Å². The number of benzene rings is 3. The molecule has 5 rings (SSSR count). The van der Waals surface area contributed by atoms with Crippen LogP contribution in [-0.2, 0) is 11.4 Å². The van der Waals surface area contributed by atoms with Gasteiger partial charge in [0.25, 0.3) is 0 Å². The number of carbonyl (C=O) groups is 1. The number of ether oxygens (including phenoxy) is 1. The molecule has 2 N–H and O–H groups in total. The molecular weight excluding hydrogens is 465 g/mol. The molecule has 3 aromatic carbocycles. The summed E-state index contributed by atoms with van der Waals surface area (Å²) in [7, 11) is 0. The van der Waals surface area contributed by atoms with Gasteiger partial charge in [-0.1, -0.05) is 48.2 Å². The maximum absolute atomic E-state index is 13.6. The number of para-hydroxylation sites is 1. The first kappa shape index (κ1) is 22.9. The van der Waals surface area contributed by atoms with Crippen LogP contribution < -0.4 is 15.5 Å². The summed E-state index contributed by atoms with van der Waals surface area (Å²) in [4.78, 5) is 13.4. The first-order chi connectivity index (χ1) is 17.0. The van der Waals surface area contributed by atoms with Crippen molar-refractivity contribution in [2.75, 3.05) is 10.7 Å². The van der Waals surface area contributed by atoms with Crippen LogP contribution in [0.3, 0.4) is 0 Å². The zero-order valence-corrected chi connectivity index (χ0v) is 20.1. The lowest BCUT2D eigenvalue weighted by molar-refractivity contribution is -0.116. The largest absolute Gasteiger partial charge is 0.486 e. The average molecular weight is 490 g/mol. The summed E-state index contributed by atoms with van der Waals surface area (Å²) in [6, 6.07) is 20.9. The van der Waals surface area contributed by atoms with E-state index in [0.717, 1.165) is 22.4 Å². The highest BCUT2D eigenvalue weighted by molar-refractivity contribution is 8.00. The topological polar surface area (TPSA) is 81.1 Å². The van der Waals surface area contributed by atoms with Crippen molar-refractivity contribution in [1.82, 2.24) is 14.9 Å². The van der Waals surface area contributed by atoms with Gasteiger partial charge in [-0.25, -0.2) is 9.07 Å². The number of carbonyl (C=O) groups excluding carboxylic acids is 1. The molecule has 0 bridgehead atoms. The lowest BCUT2D eigenvalue weighted by atomic mass is 10.0. The van der Waals surface area contributed by atoms with E-state index in [1.165, 1.54) is 23.9 Å². The van der Waals surface area contributed by atoms with Gasteiger partial charge in [-0.15, -0.1) is 10.2 Å². The number of rotatable bonds is 6. The Morgan fingerprint density at radius 1 is 1.06 bits per heavy atom. The zero-order valence-electron chi connectivity index (χ0n) is 19.2. The van der Waals surface area contributed by atoms with Crippen molar-refractivity contribution < 1.29 is 13.9 Å². The summed E-state index contributed by atoms with van der Waals surface area (Å²) in [6.07, 6.45) is 0. The van der Waals surface area contributed by atoms with Gasteiger partial charge in [0.2, 0.25) is 11.1 Å². The normalized spacial score (nSPS) is 16.8. The number of hydrogen-bond donors (Lipinski definition) is 2. The van der Waals surface area contributed by atoms with E-state index >= 15 is 0 Å². The first-order valence-corrected chi connectivity index (χ1v) is 12.0. The molecule has 0 radical (unpaired) electrons. The summed E-state index contributed by atoms with van der Waals surface area (Å²) in [5, 5.41) is 11.5. The van der Waals surface area contributed by atoms with Gasteiger partial charge in [0.15, 0.2) is 5.82 Å². The van der Waals surface area contributed by atoms with Gasteiger partial charge in [-0.05, 0) is 66.9 Å². The van der Waals surface area contributed by atoms with Gasteiger partial charge in [0.05, 0.1) is 6.04 Å². The minimum Gasteiger partial charge on any atom is -0.486 e. The Balaban J connectivity index is 1.42. The van der Waals surface area contributed by atoms with E-state index in [1.807, 2.05) is 62.4 Å². The van der Waals surface area contributed by atoms with Crippen LogP contribution in [0, 0.1) is 19.7 Å². The fraction of sp³-hybridized carbons (Fsp3) is 0.192. The van der Waals surface area contributed by atoms with Crippen LogP contribution in [0.15, 0.2) is 78.0 Å². The Morgan fingerprint density at radius 3 is 2.57 bits per heavy atom. The molecule has 0 unspecified atom stereocenters. The van der Waals surface area contributed by atoms with Crippen LogP contribution >= 0.6 is 11.8 Å². The van der Waals surface area contributed by atoms with Crippen molar-refractivity contribution in [3.05, 3.63) is 101 Å². The quantitative estimate of drug-likeness (QED) is 0.396. The number of hydrogen-bond acceptors (Lipinski definition) is 6. The Kier molecular flexibility index (Phi) is 6.41. The number of thioether (sulfide) groups is 1. The van der Waals surface area contributed by atoms with E-state index in [4.69, 9.17) is 4.74 Å². The molecule has 0 fully saturated rings. The van der Waals surface area contributed by atoms with Crippen LogP contribution in [0.5, 0.6) is 5.75 Å². The maximum Gasteiger partial charge on any atom is 0.240 e. The number of amides is 1. The molecule has 0 saturated heterocycles. The van der Waals surface area contributed by atoms with Gasteiger partial charge in [0, 0.05) is 5.69 Å². The monoisotopic (exact) mass is 489 g/mol. The molecule has 35 heavy (non-hydrogen) atoms.